The quantitative estimate of drug-likeness (QED) is 0.542. The molecule has 6 nitrogen and oxygen atoms in total. The van der Waals surface area contributed by atoms with E-state index < -0.39 is 0 Å². The van der Waals surface area contributed by atoms with Crippen molar-refractivity contribution in [3.63, 3.8) is 0 Å². The number of hydrogen-bond donors (Lipinski definition) is 2. The van der Waals surface area contributed by atoms with Gasteiger partial charge in [0.2, 0.25) is 0 Å². The fraction of sp³-hybridized carbons (Fsp3) is 0.182. The number of thiophene rings is 1. The Morgan fingerprint density at radius 2 is 1.67 bits per heavy atom. The van der Waals surface area contributed by atoms with Gasteiger partial charge >= 0.3 is 0 Å². The van der Waals surface area contributed by atoms with Gasteiger partial charge in [0.15, 0.2) is 0 Å². The van der Waals surface area contributed by atoms with Crippen molar-refractivity contribution in [3.05, 3.63) is 75.1 Å². The molecule has 0 spiro atoms. The highest BCUT2D eigenvalue weighted by atomic mass is 35.5. The van der Waals surface area contributed by atoms with Gasteiger partial charge in [0.1, 0.15) is 11.5 Å². The summed E-state index contributed by atoms with van der Waals surface area (Å²) in [6.07, 6.45) is 0. The number of halogens is 1. The normalized spacial score (nSPS) is 10.4. The lowest BCUT2D eigenvalue weighted by molar-refractivity contribution is 0.0953. The molecule has 3 rings (SSSR count). The molecule has 0 radical (unpaired) electrons. The van der Waals surface area contributed by atoms with Gasteiger partial charge in [-0.15, -0.1) is 11.3 Å². The summed E-state index contributed by atoms with van der Waals surface area (Å²) in [6, 6.07) is 14.0. The minimum atomic E-state index is -0.322. The van der Waals surface area contributed by atoms with E-state index in [1.54, 1.807) is 50.6 Å². The van der Waals surface area contributed by atoms with E-state index in [1.807, 2.05) is 19.1 Å². The fourth-order valence-corrected chi connectivity index (χ4v) is 4.03. The van der Waals surface area contributed by atoms with Crippen LogP contribution in [0.5, 0.6) is 11.5 Å². The predicted molar refractivity (Wildman–Crippen MR) is 119 cm³/mol. The van der Waals surface area contributed by atoms with Gasteiger partial charge in [-0.2, -0.15) is 0 Å². The highest BCUT2D eigenvalue weighted by Crippen LogP contribution is 2.28. The van der Waals surface area contributed by atoms with E-state index >= 15 is 0 Å². The third kappa shape index (κ3) is 5.11. The molecule has 0 fully saturated rings. The highest BCUT2D eigenvalue weighted by molar-refractivity contribution is 7.18. The summed E-state index contributed by atoms with van der Waals surface area (Å²) in [7, 11) is 3.15. The minimum Gasteiger partial charge on any atom is -0.497 e. The highest BCUT2D eigenvalue weighted by Gasteiger charge is 2.17. The number of carbonyl (C=O) groups is 2. The van der Waals surface area contributed by atoms with Crippen molar-refractivity contribution < 1.29 is 19.1 Å². The first-order chi connectivity index (χ1) is 14.4. The summed E-state index contributed by atoms with van der Waals surface area (Å²) in [5.74, 6) is 0.751. The number of nitrogens with one attached hydrogen (secondary N) is 2. The molecule has 0 bridgehead atoms. The lowest BCUT2D eigenvalue weighted by Crippen LogP contribution is -2.22. The summed E-state index contributed by atoms with van der Waals surface area (Å²) in [5, 5.41) is 6.64. The van der Waals surface area contributed by atoms with Gasteiger partial charge in [-0.1, -0.05) is 23.7 Å². The monoisotopic (exact) mass is 444 g/mol. The van der Waals surface area contributed by atoms with Crippen molar-refractivity contribution in [2.45, 2.75) is 13.5 Å². The number of ether oxygens (including phenoxy) is 2. The van der Waals surface area contributed by atoms with Crippen molar-refractivity contribution in [2.24, 2.45) is 0 Å². The zero-order chi connectivity index (χ0) is 21.7. The average Bonchev–Trinajstić information content (AvgIpc) is 3.11. The number of benzene rings is 2. The molecule has 2 N–H and O–H groups in total. The first kappa shape index (κ1) is 21.7. The van der Waals surface area contributed by atoms with Crippen LogP contribution in [0.4, 0.5) is 5.00 Å². The lowest BCUT2D eigenvalue weighted by Gasteiger charge is -2.09. The van der Waals surface area contributed by atoms with Crippen LogP contribution in [0.25, 0.3) is 0 Å². The number of carbonyl (C=O) groups excluding carboxylic acids is 2. The van der Waals surface area contributed by atoms with Crippen LogP contribution in [0.1, 0.15) is 31.2 Å². The number of aryl methyl sites for hydroxylation is 1. The number of hydrogen-bond acceptors (Lipinski definition) is 5. The molecule has 3 aromatic rings. The van der Waals surface area contributed by atoms with E-state index in [2.05, 4.69) is 10.6 Å². The molecular weight excluding hydrogens is 424 g/mol. The molecule has 0 unspecified atom stereocenters. The Labute approximate surface area is 183 Å². The zero-order valence-electron chi connectivity index (χ0n) is 16.7. The first-order valence-corrected chi connectivity index (χ1v) is 10.3. The second kappa shape index (κ2) is 9.65. The van der Waals surface area contributed by atoms with Crippen LogP contribution < -0.4 is 20.1 Å². The van der Waals surface area contributed by atoms with Crippen LogP contribution in [0.2, 0.25) is 5.02 Å². The molecular formula is C22H21ClN2O4S. The van der Waals surface area contributed by atoms with Gasteiger partial charge < -0.3 is 20.1 Å². The van der Waals surface area contributed by atoms with E-state index in [0.717, 1.165) is 11.1 Å². The average molecular weight is 445 g/mol. The number of amides is 2. The minimum absolute atomic E-state index is 0.225. The zero-order valence-corrected chi connectivity index (χ0v) is 18.3. The van der Waals surface area contributed by atoms with Crippen molar-refractivity contribution in [2.75, 3.05) is 19.5 Å². The fourth-order valence-electron chi connectivity index (χ4n) is 2.82. The Balaban J connectivity index is 1.68. The number of rotatable bonds is 7. The largest absolute Gasteiger partial charge is 0.497 e. The van der Waals surface area contributed by atoms with Crippen molar-refractivity contribution >= 4 is 39.8 Å². The molecule has 2 aromatic carbocycles. The van der Waals surface area contributed by atoms with Gasteiger partial charge in [0.25, 0.3) is 11.8 Å². The number of anilines is 1. The van der Waals surface area contributed by atoms with Gasteiger partial charge in [-0.05, 0) is 48.4 Å². The lowest BCUT2D eigenvalue weighted by atomic mass is 10.2. The first-order valence-electron chi connectivity index (χ1n) is 9.07. The molecule has 0 aliphatic heterocycles. The molecule has 0 saturated carbocycles. The van der Waals surface area contributed by atoms with Gasteiger partial charge in [0, 0.05) is 12.6 Å². The van der Waals surface area contributed by atoms with Gasteiger partial charge in [-0.3, -0.25) is 9.59 Å². The third-order valence-electron chi connectivity index (χ3n) is 4.34. The smallest absolute Gasteiger partial charge is 0.261 e. The third-order valence-corrected chi connectivity index (χ3v) is 5.82. The van der Waals surface area contributed by atoms with E-state index in [4.69, 9.17) is 21.1 Å². The molecule has 0 aliphatic rings. The maximum atomic E-state index is 12.7. The molecule has 0 aliphatic carbocycles. The Bertz CT molecular complexity index is 1060. The molecule has 0 atom stereocenters. The summed E-state index contributed by atoms with van der Waals surface area (Å²) in [4.78, 5) is 25.6. The SMILES string of the molecule is COc1cc(CNC(=O)c2sc(NC(=O)c3ccccc3Cl)cc2C)cc(OC)c1. The Hall–Kier alpha value is -3.03. The Kier molecular flexibility index (Phi) is 6.97. The predicted octanol–water partition coefficient (Wildman–Crippen LogP) is 4.91. The van der Waals surface area contributed by atoms with Crippen molar-refractivity contribution in [1.29, 1.82) is 0 Å². The van der Waals surface area contributed by atoms with E-state index in [0.29, 0.717) is 38.5 Å². The van der Waals surface area contributed by atoms with E-state index in [1.165, 1.54) is 11.3 Å². The van der Waals surface area contributed by atoms with Crippen molar-refractivity contribution in [1.82, 2.24) is 5.32 Å². The molecule has 1 heterocycles. The summed E-state index contributed by atoms with van der Waals surface area (Å²) >= 11 is 7.29. The van der Waals surface area contributed by atoms with E-state index in [-0.39, 0.29) is 11.8 Å². The molecule has 8 heteroatoms. The maximum absolute atomic E-state index is 12.7. The molecule has 2 amide bonds. The maximum Gasteiger partial charge on any atom is 0.261 e. The summed E-state index contributed by atoms with van der Waals surface area (Å²) in [6.45, 7) is 2.14. The van der Waals surface area contributed by atoms with Crippen LogP contribution in [0.3, 0.4) is 0 Å². The molecule has 0 saturated heterocycles. The molecule has 30 heavy (non-hydrogen) atoms. The van der Waals surface area contributed by atoms with E-state index in [9.17, 15) is 9.59 Å². The molecule has 156 valence electrons. The second-order valence-electron chi connectivity index (χ2n) is 6.46. The standard InChI is InChI=1S/C22H21ClN2O4S/c1-13-8-19(25-21(26)17-6-4-5-7-18(17)23)30-20(13)22(27)24-12-14-9-15(28-2)11-16(10-14)29-3/h4-11H,12H2,1-3H3,(H,24,27)(H,25,26). The van der Waals surface area contributed by atoms with Crippen LogP contribution in [-0.4, -0.2) is 26.0 Å². The number of methoxy groups -OCH3 is 2. The summed E-state index contributed by atoms with van der Waals surface area (Å²) < 4.78 is 10.5. The molecule has 1 aromatic heterocycles. The van der Waals surface area contributed by atoms with Gasteiger partial charge in [-0.25, -0.2) is 0 Å². The second-order valence-corrected chi connectivity index (χ2v) is 7.92. The Morgan fingerprint density at radius 3 is 2.30 bits per heavy atom. The van der Waals surface area contributed by atoms with Crippen LogP contribution >= 0.6 is 22.9 Å². The Morgan fingerprint density at radius 1 is 1.00 bits per heavy atom. The van der Waals surface area contributed by atoms with Crippen LogP contribution in [0, 0.1) is 6.92 Å². The van der Waals surface area contributed by atoms with Crippen LogP contribution in [-0.2, 0) is 6.54 Å². The van der Waals surface area contributed by atoms with Crippen molar-refractivity contribution in [3.8, 4) is 11.5 Å². The van der Waals surface area contributed by atoms with Gasteiger partial charge in [0.05, 0.1) is 34.7 Å². The topological polar surface area (TPSA) is 76.7 Å². The van der Waals surface area contributed by atoms with Crippen LogP contribution in [0.15, 0.2) is 48.5 Å². The summed E-state index contributed by atoms with van der Waals surface area (Å²) in [5.41, 5.74) is 2.00.